The fourth-order valence-electron chi connectivity index (χ4n) is 9.65. The van der Waals surface area contributed by atoms with Crippen molar-refractivity contribution in [3.63, 3.8) is 0 Å². The molecule has 0 spiro atoms. The number of carbonyl (C=O) groups is 3. The zero-order valence-electron chi connectivity index (χ0n) is 32.5. The molecule has 4 N–H and O–H groups in total. The van der Waals surface area contributed by atoms with Crippen LogP contribution in [0.3, 0.4) is 0 Å². The Kier molecular flexibility index (Phi) is 11.6. The Morgan fingerprint density at radius 1 is 0.828 bits per heavy atom. The lowest BCUT2D eigenvalue weighted by Crippen LogP contribution is -2.51. The topological polar surface area (TPSA) is 156 Å². The van der Waals surface area contributed by atoms with Crippen LogP contribution in [0.1, 0.15) is 88.5 Å². The first-order valence-electron chi connectivity index (χ1n) is 20.6. The molecule has 304 valence electrons. The summed E-state index contributed by atoms with van der Waals surface area (Å²) < 4.78 is 32.5. The first-order valence-corrected chi connectivity index (χ1v) is 20.6. The number of halogens is 2. The summed E-state index contributed by atoms with van der Waals surface area (Å²) in [5, 5.41) is 5.40. The highest BCUT2D eigenvalue weighted by Gasteiger charge is 2.38. The van der Waals surface area contributed by atoms with Crippen LogP contribution in [0.15, 0.2) is 77.9 Å². The molecule has 2 aromatic heterocycles. The zero-order chi connectivity index (χ0) is 40.3. The highest BCUT2D eigenvalue weighted by atomic mass is 19.1. The lowest BCUT2D eigenvalue weighted by Gasteiger charge is -2.46. The lowest BCUT2D eigenvalue weighted by molar-refractivity contribution is -0.133. The average molecular weight is 793 g/mol. The Labute approximate surface area is 336 Å². The third-order valence-electron chi connectivity index (χ3n) is 12.8. The van der Waals surface area contributed by atoms with E-state index in [0.717, 1.165) is 64.5 Å². The number of pyridine rings is 1. The molecule has 3 amide bonds. The molecule has 2 aromatic carbocycles. The maximum absolute atomic E-state index is 15.6. The van der Waals surface area contributed by atoms with Gasteiger partial charge in [0.1, 0.15) is 17.6 Å². The number of primary amides is 1. The number of carbonyl (C=O) groups excluding carboxylic acids is 3. The quantitative estimate of drug-likeness (QED) is 0.168. The molecule has 2 aliphatic heterocycles. The Balaban J connectivity index is 0.939. The molecule has 4 aliphatic rings. The van der Waals surface area contributed by atoms with Crippen LogP contribution in [0, 0.1) is 17.6 Å². The number of piperidine rings is 2. The second-order valence-corrected chi connectivity index (χ2v) is 16.3. The number of nitrogens with two attached hydrogens (primary N) is 1. The molecule has 0 radical (unpaired) electrons. The number of nitrogens with one attached hydrogen (secondary N) is 2. The summed E-state index contributed by atoms with van der Waals surface area (Å²) >= 11 is 0. The van der Waals surface area contributed by atoms with E-state index in [1.54, 1.807) is 42.6 Å². The van der Waals surface area contributed by atoms with Gasteiger partial charge in [0.05, 0.1) is 6.20 Å². The number of hydrogen-bond acceptors (Lipinski definition) is 9. The molecule has 1 atom stereocenters. The number of benzene rings is 2. The Morgan fingerprint density at radius 3 is 2.26 bits per heavy atom. The van der Waals surface area contributed by atoms with Gasteiger partial charge >= 0.3 is 0 Å². The summed E-state index contributed by atoms with van der Waals surface area (Å²) in [6.07, 6.45) is 11.9. The van der Waals surface area contributed by atoms with E-state index in [9.17, 15) is 19.2 Å². The van der Waals surface area contributed by atoms with Crippen LogP contribution in [0.2, 0.25) is 0 Å². The van der Waals surface area contributed by atoms with Gasteiger partial charge in [-0.3, -0.25) is 29.1 Å². The van der Waals surface area contributed by atoms with E-state index in [0.29, 0.717) is 53.8 Å². The molecule has 2 saturated heterocycles. The van der Waals surface area contributed by atoms with Gasteiger partial charge in [0.25, 0.3) is 5.56 Å². The van der Waals surface area contributed by atoms with Crippen molar-refractivity contribution in [1.29, 1.82) is 0 Å². The number of nitrogens with zero attached hydrogens (tertiary/aromatic N) is 5. The van der Waals surface area contributed by atoms with Crippen molar-refractivity contribution in [3.05, 3.63) is 101 Å². The molecule has 4 heterocycles. The normalized spacial score (nSPS) is 24.6. The van der Waals surface area contributed by atoms with Gasteiger partial charge in [-0.25, -0.2) is 18.7 Å². The molecule has 58 heavy (non-hydrogen) atoms. The van der Waals surface area contributed by atoms with E-state index < -0.39 is 11.9 Å². The van der Waals surface area contributed by atoms with E-state index in [4.69, 9.17) is 10.7 Å². The van der Waals surface area contributed by atoms with E-state index >= 15 is 8.78 Å². The third-order valence-corrected chi connectivity index (χ3v) is 12.8. The summed E-state index contributed by atoms with van der Waals surface area (Å²) in [6.45, 7) is 1.74. The SMILES string of the molecule is NC(=O)C1CCC(N(c2ncc(F)c(-c3cccc(-n4ccccc4=O)c3)n2)C2CCC(N3CCC(c4ccc(N[C@H]5CCC(=O)NC5=O)cc4F)CC3)CC2)CC1. The molecule has 0 unspecified atom stereocenters. The van der Waals surface area contributed by atoms with Crippen LogP contribution >= 0.6 is 0 Å². The Hall–Kier alpha value is -5.50. The number of amides is 3. The van der Waals surface area contributed by atoms with Crippen LogP contribution in [0.5, 0.6) is 0 Å². The van der Waals surface area contributed by atoms with Gasteiger partial charge in [-0.15, -0.1) is 0 Å². The van der Waals surface area contributed by atoms with Crippen molar-refractivity contribution in [2.24, 2.45) is 11.7 Å². The summed E-state index contributed by atoms with van der Waals surface area (Å²) in [7, 11) is 0. The summed E-state index contributed by atoms with van der Waals surface area (Å²) in [5.74, 6) is -1.38. The lowest BCUT2D eigenvalue weighted by atomic mass is 9.82. The molecular weight excluding hydrogens is 743 g/mol. The standard InChI is InChI=1S/C44H50F2N8O4/c45-36-25-30(49-38-17-18-39(55)50-43(38)58)9-16-35(36)27-19-22-52(23-20-27)31-12-14-33(15-13-31)54(32-10-7-28(8-11-32)42(47)57)44-48-26-37(46)41(51-44)29-4-3-5-34(24-29)53-21-2-1-6-40(53)56/h1-6,9,16,21,24-28,31-33,38,49H,7-8,10-15,17-20,22-23H2,(H2,47,57)(H,50,55,58)/t28?,31?,32?,33?,38-/m0/s1. The van der Waals surface area contributed by atoms with Gasteiger partial charge in [-0.2, -0.15) is 0 Å². The van der Waals surface area contributed by atoms with Gasteiger partial charge in [-0.1, -0.05) is 24.3 Å². The van der Waals surface area contributed by atoms with Crippen LogP contribution in [-0.2, 0) is 14.4 Å². The first-order chi connectivity index (χ1) is 28.1. The molecule has 2 aliphatic carbocycles. The summed E-state index contributed by atoms with van der Waals surface area (Å²) in [6, 6.07) is 17.2. The number of aromatic nitrogens is 3. The minimum atomic E-state index is -0.566. The fourth-order valence-corrected chi connectivity index (χ4v) is 9.65. The third kappa shape index (κ3) is 8.52. The van der Waals surface area contributed by atoms with Crippen molar-refractivity contribution in [1.82, 2.24) is 24.8 Å². The molecule has 14 heteroatoms. The summed E-state index contributed by atoms with van der Waals surface area (Å²) in [5.41, 5.74) is 8.04. The molecule has 4 aromatic rings. The van der Waals surface area contributed by atoms with Crippen LogP contribution in [0.4, 0.5) is 20.4 Å². The number of hydrogen-bond donors (Lipinski definition) is 3. The number of likely N-dealkylation sites (tertiary alicyclic amines) is 1. The van der Waals surface area contributed by atoms with Crippen molar-refractivity contribution >= 4 is 29.4 Å². The zero-order valence-corrected chi connectivity index (χ0v) is 32.5. The fraction of sp³-hybridized carbons (Fsp3) is 0.455. The van der Waals surface area contributed by atoms with Crippen molar-refractivity contribution in [3.8, 4) is 16.9 Å². The number of imide groups is 1. The minimum Gasteiger partial charge on any atom is -0.374 e. The predicted molar refractivity (Wildman–Crippen MR) is 216 cm³/mol. The molecular formula is C44H50F2N8O4. The average Bonchev–Trinajstić information content (AvgIpc) is 3.23. The highest BCUT2D eigenvalue weighted by molar-refractivity contribution is 6.01. The highest BCUT2D eigenvalue weighted by Crippen LogP contribution is 2.39. The Morgan fingerprint density at radius 2 is 1.57 bits per heavy atom. The van der Waals surface area contributed by atoms with Crippen molar-refractivity contribution in [2.75, 3.05) is 23.3 Å². The predicted octanol–water partition coefficient (Wildman–Crippen LogP) is 5.83. The van der Waals surface area contributed by atoms with Crippen molar-refractivity contribution in [2.45, 2.75) is 107 Å². The minimum absolute atomic E-state index is 0.0703. The van der Waals surface area contributed by atoms with E-state index in [2.05, 4.69) is 25.4 Å². The molecule has 2 saturated carbocycles. The second kappa shape index (κ2) is 17.2. The van der Waals surface area contributed by atoms with Crippen LogP contribution < -0.4 is 26.8 Å². The maximum Gasteiger partial charge on any atom is 0.255 e. The number of rotatable bonds is 10. The van der Waals surface area contributed by atoms with Crippen molar-refractivity contribution < 1.29 is 23.2 Å². The van der Waals surface area contributed by atoms with Crippen LogP contribution in [-0.4, -0.2) is 74.4 Å². The maximum atomic E-state index is 15.6. The van der Waals surface area contributed by atoms with Gasteiger partial charge < -0.3 is 20.9 Å². The Bertz CT molecular complexity index is 2210. The van der Waals surface area contributed by atoms with Gasteiger partial charge in [0.15, 0.2) is 5.82 Å². The molecule has 12 nitrogen and oxygen atoms in total. The molecule has 0 bridgehead atoms. The molecule has 4 fully saturated rings. The summed E-state index contributed by atoms with van der Waals surface area (Å²) in [4.78, 5) is 62.6. The van der Waals surface area contributed by atoms with Gasteiger partial charge in [-0.05, 0) is 126 Å². The molecule has 8 rings (SSSR count). The van der Waals surface area contributed by atoms with Gasteiger partial charge in [0.2, 0.25) is 23.7 Å². The first kappa shape index (κ1) is 39.3. The largest absolute Gasteiger partial charge is 0.374 e. The van der Waals surface area contributed by atoms with E-state index in [1.807, 2.05) is 12.1 Å². The van der Waals surface area contributed by atoms with E-state index in [1.165, 1.54) is 22.9 Å². The van der Waals surface area contributed by atoms with Gasteiger partial charge in [0, 0.05) is 59.7 Å². The van der Waals surface area contributed by atoms with E-state index in [-0.39, 0.29) is 65.1 Å². The monoisotopic (exact) mass is 792 g/mol. The van der Waals surface area contributed by atoms with Crippen LogP contribution in [0.25, 0.3) is 16.9 Å². The smallest absolute Gasteiger partial charge is 0.255 e. The second-order valence-electron chi connectivity index (χ2n) is 16.3. The number of anilines is 2.